The van der Waals surface area contributed by atoms with Gasteiger partial charge in [-0.1, -0.05) is 0 Å². The third-order valence-electron chi connectivity index (χ3n) is 1.30. The van der Waals surface area contributed by atoms with Gasteiger partial charge in [0, 0.05) is 18.6 Å². The number of carbonyl (C=O) groups is 1. The Balaban J connectivity index is 3.36. The molecule has 0 aromatic carbocycles. The van der Waals surface area contributed by atoms with Gasteiger partial charge in [-0.3, -0.25) is 4.79 Å². The van der Waals surface area contributed by atoms with E-state index in [1.54, 1.807) is 18.9 Å². The van der Waals surface area contributed by atoms with Crippen molar-refractivity contribution in [1.82, 2.24) is 0 Å². The minimum Gasteiger partial charge on any atom is -0.460 e. The van der Waals surface area contributed by atoms with Gasteiger partial charge in [-0.2, -0.15) is 11.8 Å². The van der Waals surface area contributed by atoms with E-state index >= 15 is 0 Å². The highest BCUT2D eigenvalue weighted by molar-refractivity contribution is 7.99. The first-order valence-electron chi connectivity index (χ1n) is 4.74. The Labute approximate surface area is 90.5 Å². The van der Waals surface area contributed by atoms with Crippen molar-refractivity contribution in [1.29, 1.82) is 0 Å². The van der Waals surface area contributed by atoms with E-state index in [1.807, 2.05) is 20.8 Å². The van der Waals surface area contributed by atoms with Crippen LogP contribution in [0.4, 0.5) is 0 Å². The Morgan fingerprint density at radius 2 is 1.93 bits per heavy atom. The SMILES string of the molecule is COCCSCCC(=O)OC(C)(C)C. The summed E-state index contributed by atoms with van der Waals surface area (Å²) in [4.78, 5) is 11.2. The second kappa shape index (κ2) is 7.12. The zero-order valence-corrected chi connectivity index (χ0v) is 10.3. The highest BCUT2D eigenvalue weighted by atomic mass is 32.2. The summed E-state index contributed by atoms with van der Waals surface area (Å²) in [5.41, 5.74) is -0.367. The predicted molar refractivity (Wildman–Crippen MR) is 59.7 cm³/mol. The zero-order valence-electron chi connectivity index (χ0n) is 9.46. The molecule has 0 fully saturated rings. The van der Waals surface area contributed by atoms with Crippen LogP contribution in [0.1, 0.15) is 27.2 Å². The van der Waals surface area contributed by atoms with E-state index in [1.165, 1.54) is 0 Å². The van der Waals surface area contributed by atoms with Gasteiger partial charge in [0.25, 0.3) is 0 Å². The van der Waals surface area contributed by atoms with Gasteiger partial charge in [-0.25, -0.2) is 0 Å². The van der Waals surface area contributed by atoms with Crippen molar-refractivity contribution in [3.05, 3.63) is 0 Å². The number of hydrogen-bond acceptors (Lipinski definition) is 4. The van der Waals surface area contributed by atoms with Crippen LogP contribution in [0.15, 0.2) is 0 Å². The van der Waals surface area contributed by atoms with Crippen molar-refractivity contribution in [2.45, 2.75) is 32.8 Å². The van der Waals surface area contributed by atoms with Crippen LogP contribution in [0.3, 0.4) is 0 Å². The van der Waals surface area contributed by atoms with E-state index < -0.39 is 0 Å². The highest BCUT2D eigenvalue weighted by Gasteiger charge is 2.15. The summed E-state index contributed by atoms with van der Waals surface area (Å²) < 4.78 is 10.1. The molecule has 0 spiro atoms. The first kappa shape index (κ1) is 13.8. The molecule has 0 aromatic heterocycles. The van der Waals surface area contributed by atoms with Crippen molar-refractivity contribution < 1.29 is 14.3 Å². The lowest BCUT2D eigenvalue weighted by Crippen LogP contribution is -2.24. The van der Waals surface area contributed by atoms with E-state index in [2.05, 4.69) is 0 Å². The second-order valence-corrected chi connectivity index (χ2v) is 5.17. The molecular weight excluding hydrogens is 200 g/mol. The third kappa shape index (κ3) is 9.86. The molecule has 14 heavy (non-hydrogen) atoms. The van der Waals surface area contributed by atoms with Crippen LogP contribution < -0.4 is 0 Å². The van der Waals surface area contributed by atoms with Gasteiger partial charge < -0.3 is 9.47 Å². The molecule has 84 valence electrons. The van der Waals surface area contributed by atoms with Gasteiger partial charge in [0.2, 0.25) is 0 Å². The quantitative estimate of drug-likeness (QED) is 0.507. The first-order valence-corrected chi connectivity index (χ1v) is 5.89. The zero-order chi connectivity index (χ0) is 11.0. The van der Waals surface area contributed by atoms with Crippen molar-refractivity contribution in [2.24, 2.45) is 0 Å². The van der Waals surface area contributed by atoms with Crippen molar-refractivity contribution in [2.75, 3.05) is 25.2 Å². The highest BCUT2D eigenvalue weighted by Crippen LogP contribution is 2.10. The lowest BCUT2D eigenvalue weighted by molar-refractivity contribution is -0.154. The summed E-state index contributed by atoms with van der Waals surface area (Å²) in [5, 5.41) is 0. The summed E-state index contributed by atoms with van der Waals surface area (Å²) >= 11 is 1.71. The molecule has 0 bridgehead atoms. The molecule has 0 saturated carbocycles. The molecule has 3 nitrogen and oxygen atoms in total. The normalized spacial score (nSPS) is 11.4. The second-order valence-electron chi connectivity index (χ2n) is 3.94. The molecular formula is C10H20O3S. The van der Waals surface area contributed by atoms with Crippen LogP contribution in [0.25, 0.3) is 0 Å². The Morgan fingerprint density at radius 1 is 1.29 bits per heavy atom. The smallest absolute Gasteiger partial charge is 0.307 e. The summed E-state index contributed by atoms with van der Waals surface area (Å²) in [6, 6.07) is 0. The van der Waals surface area contributed by atoms with E-state index in [4.69, 9.17) is 9.47 Å². The molecule has 0 saturated heterocycles. The van der Waals surface area contributed by atoms with Gasteiger partial charge >= 0.3 is 5.97 Å². The summed E-state index contributed by atoms with van der Waals surface area (Å²) in [5.74, 6) is 1.61. The number of thioether (sulfide) groups is 1. The number of ether oxygens (including phenoxy) is 2. The standard InChI is InChI=1S/C10H20O3S/c1-10(2,3)13-9(11)5-7-14-8-6-12-4/h5-8H2,1-4H3. The lowest BCUT2D eigenvalue weighted by atomic mass is 10.2. The van der Waals surface area contributed by atoms with Crippen LogP contribution in [-0.4, -0.2) is 36.8 Å². The molecule has 0 aliphatic rings. The minimum absolute atomic E-state index is 0.123. The number of methoxy groups -OCH3 is 1. The Bertz CT molecular complexity index is 163. The molecule has 0 heterocycles. The average molecular weight is 220 g/mol. The molecule has 0 radical (unpaired) electrons. The Hall–Kier alpha value is -0.220. The summed E-state index contributed by atoms with van der Waals surface area (Å²) in [7, 11) is 1.68. The first-order chi connectivity index (χ1) is 6.45. The van der Waals surface area contributed by atoms with Crippen LogP contribution in [-0.2, 0) is 14.3 Å². The van der Waals surface area contributed by atoms with Crippen molar-refractivity contribution in [3.8, 4) is 0 Å². The molecule has 0 atom stereocenters. The molecule has 0 amide bonds. The summed E-state index contributed by atoms with van der Waals surface area (Å²) in [6.07, 6.45) is 0.478. The van der Waals surface area contributed by atoms with Crippen LogP contribution in [0.5, 0.6) is 0 Å². The van der Waals surface area contributed by atoms with E-state index in [9.17, 15) is 4.79 Å². The fraction of sp³-hybridized carbons (Fsp3) is 0.900. The van der Waals surface area contributed by atoms with Crippen LogP contribution in [0.2, 0.25) is 0 Å². The van der Waals surface area contributed by atoms with E-state index in [0.29, 0.717) is 6.42 Å². The van der Waals surface area contributed by atoms with Gasteiger partial charge in [-0.15, -0.1) is 0 Å². The van der Waals surface area contributed by atoms with E-state index in [0.717, 1.165) is 18.1 Å². The Kier molecular flexibility index (Phi) is 7.01. The van der Waals surface area contributed by atoms with Crippen molar-refractivity contribution >= 4 is 17.7 Å². The van der Waals surface area contributed by atoms with Gasteiger partial charge in [0.15, 0.2) is 0 Å². The number of carbonyl (C=O) groups excluding carboxylic acids is 1. The molecule has 0 aromatic rings. The number of hydrogen-bond donors (Lipinski definition) is 0. The minimum atomic E-state index is -0.367. The van der Waals surface area contributed by atoms with Gasteiger partial charge in [-0.05, 0) is 20.8 Å². The maximum Gasteiger partial charge on any atom is 0.307 e. The Morgan fingerprint density at radius 3 is 2.43 bits per heavy atom. The molecule has 0 unspecified atom stereocenters. The number of esters is 1. The summed E-state index contributed by atoms with van der Waals surface area (Å²) in [6.45, 7) is 6.37. The van der Waals surface area contributed by atoms with Gasteiger partial charge in [0.1, 0.15) is 5.60 Å². The average Bonchev–Trinajstić information content (AvgIpc) is 2.00. The topological polar surface area (TPSA) is 35.5 Å². The maximum absolute atomic E-state index is 11.2. The number of rotatable bonds is 6. The van der Waals surface area contributed by atoms with Gasteiger partial charge in [0.05, 0.1) is 13.0 Å². The fourth-order valence-corrected chi connectivity index (χ4v) is 1.59. The van der Waals surface area contributed by atoms with Crippen LogP contribution in [0, 0.1) is 0 Å². The van der Waals surface area contributed by atoms with E-state index in [-0.39, 0.29) is 11.6 Å². The molecule has 0 N–H and O–H groups in total. The van der Waals surface area contributed by atoms with Crippen molar-refractivity contribution in [3.63, 3.8) is 0 Å². The predicted octanol–water partition coefficient (Wildman–Crippen LogP) is 2.10. The monoisotopic (exact) mass is 220 g/mol. The molecule has 4 heteroatoms. The molecule has 0 rings (SSSR count). The van der Waals surface area contributed by atoms with Crippen LogP contribution >= 0.6 is 11.8 Å². The maximum atomic E-state index is 11.2. The largest absolute Gasteiger partial charge is 0.460 e. The third-order valence-corrected chi connectivity index (χ3v) is 2.25. The molecule has 0 aliphatic heterocycles. The lowest BCUT2D eigenvalue weighted by Gasteiger charge is -2.19. The molecule has 0 aliphatic carbocycles. The fourth-order valence-electron chi connectivity index (χ4n) is 0.792.